The molecule has 0 aromatic carbocycles. The number of unbranched alkanes of at least 4 members (excludes halogenated alkanes) is 23. The molecule has 60 heavy (non-hydrogen) atoms. The number of ketones is 1. The van der Waals surface area contributed by atoms with E-state index in [4.69, 9.17) is 24.3 Å². The molecule has 1 unspecified atom stereocenters. The predicted molar refractivity (Wildman–Crippen MR) is 239 cm³/mol. The predicted octanol–water partition coefficient (Wildman–Crippen LogP) is 10.8. The summed E-state index contributed by atoms with van der Waals surface area (Å²) < 4.78 is 32.9. The van der Waals surface area contributed by atoms with Gasteiger partial charge in [-0.3, -0.25) is 23.4 Å². The molecular weight excluding hydrogens is 785 g/mol. The van der Waals surface area contributed by atoms with Crippen LogP contribution in [0.4, 0.5) is 0 Å². The van der Waals surface area contributed by atoms with Crippen LogP contribution < -0.4 is 5.73 Å². The van der Waals surface area contributed by atoms with Gasteiger partial charge in [-0.25, -0.2) is 4.57 Å². The molecule has 0 bridgehead atoms. The molecule has 1 aliphatic carbocycles. The first-order valence-corrected chi connectivity index (χ1v) is 25.8. The van der Waals surface area contributed by atoms with E-state index in [-0.39, 0.29) is 56.6 Å². The number of phosphoric ester groups is 1. The molecule has 1 aliphatic rings. The summed E-state index contributed by atoms with van der Waals surface area (Å²) in [5.41, 5.74) is 5.36. The lowest BCUT2D eigenvalue weighted by Gasteiger charge is -2.20. The summed E-state index contributed by atoms with van der Waals surface area (Å²) in [5, 5.41) is 20.8. The summed E-state index contributed by atoms with van der Waals surface area (Å²) in [7, 11) is -4.43. The number of rotatable bonds is 42. The summed E-state index contributed by atoms with van der Waals surface area (Å²) in [6.07, 6.45) is 32.9. The highest BCUT2D eigenvalue weighted by molar-refractivity contribution is 7.47. The SMILES string of the molecule is CCCCCCCCCCCCCCCCCCCCCC(=O)O[C@H](COC(=O)CCCCCC[C@H]1[C@@H](O)CC(=O)[C@@H]1/C=C/[C@@H](O)CCCCC)COP(=O)(O)OCCN. The van der Waals surface area contributed by atoms with E-state index in [9.17, 15) is 34.1 Å². The summed E-state index contributed by atoms with van der Waals surface area (Å²) in [5.74, 6) is -1.53. The maximum Gasteiger partial charge on any atom is 0.472 e. The second-order valence-electron chi connectivity index (χ2n) is 17.1. The third-order valence-electron chi connectivity index (χ3n) is 11.6. The molecule has 5 N–H and O–H groups in total. The molecule has 0 aromatic heterocycles. The smallest absolute Gasteiger partial charge is 0.462 e. The molecule has 1 rings (SSSR count). The number of ether oxygens (including phenoxy) is 2. The van der Waals surface area contributed by atoms with Gasteiger partial charge in [0.2, 0.25) is 0 Å². The van der Waals surface area contributed by atoms with Crippen LogP contribution in [-0.4, -0.2) is 77.5 Å². The standard InChI is InChI=1S/C47H88NO11P/c1-3-5-7-8-9-10-11-12-13-14-15-16-17-18-19-20-21-22-28-32-47(53)59-41(39-58-60(54,55)57-36-35-48)38-56-46(52)31-27-24-23-26-30-42-43(45(51)37-44(42)50)34-33-40(49)29-25-6-4-2/h33-34,40-44,49-50H,3-32,35-39,48H2,1-2H3,(H,54,55)/b34-33+/t40-,41+,42+,43+,44-/m0/s1. The number of phosphoric acid groups is 1. The lowest BCUT2D eigenvalue weighted by atomic mass is 9.88. The average Bonchev–Trinajstić information content (AvgIpc) is 3.49. The Balaban J connectivity index is 2.29. The van der Waals surface area contributed by atoms with Gasteiger partial charge >= 0.3 is 19.8 Å². The van der Waals surface area contributed by atoms with E-state index < -0.39 is 44.7 Å². The fourth-order valence-electron chi connectivity index (χ4n) is 7.89. The third-order valence-corrected chi connectivity index (χ3v) is 12.5. The summed E-state index contributed by atoms with van der Waals surface area (Å²) in [6, 6.07) is 0. The Morgan fingerprint density at radius 2 is 1.20 bits per heavy atom. The van der Waals surface area contributed by atoms with Crippen LogP contribution in [0.25, 0.3) is 0 Å². The van der Waals surface area contributed by atoms with Crippen molar-refractivity contribution in [3.63, 3.8) is 0 Å². The number of nitrogens with two attached hydrogens (primary N) is 1. The van der Waals surface area contributed by atoms with Crippen LogP contribution in [0.5, 0.6) is 0 Å². The van der Waals surface area contributed by atoms with E-state index >= 15 is 0 Å². The number of esters is 2. The van der Waals surface area contributed by atoms with Gasteiger partial charge < -0.3 is 30.3 Å². The van der Waals surface area contributed by atoms with Crippen molar-refractivity contribution in [3.05, 3.63) is 12.2 Å². The minimum atomic E-state index is -4.43. The molecule has 0 radical (unpaired) electrons. The minimum Gasteiger partial charge on any atom is -0.462 e. The van der Waals surface area contributed by atoms with E-state index in [0.717, 1.165) is 57.8 Å². The van der Waals surface area contributed by atoms with Crippen LogP contribution >= 0.6 is 7.82 Å². The maximum atomic E-state index is 12.7. The largest absolute Gasteiger partial charge is 0.472 e. The van der Waals surface area contributed by atoms with Crippen LogP contribution in [0.2, 0.25) is 0 Å². The lowest BCUT2D eigenvalue weighted by molar-refractivity contribution is -0.161. The normalized spacial score (nSPS) is 18.8. The molecule has 13 heteroatoms. The average molecular weight is 874 g/mol. The van der Waals surface area contributed by atoms with Gasteiger partial charge in [0.1, 0.15) is 12.4 Å². The maximum absolute atomic E-state index is 12.7. The van der Waals surface area contributed by atoms with Gasteiger partial charge in [0, 0.05) is 31.7 Å². The minimum absolute atomic E-state index is 0.00673. The number of hydrogen-bond acceptors (Lipinski definition) is 11. The van der Waals surface area contributed by atoms with E-state index in [1.807, 2.05) is 0 Å². The first kappa shape index (κ1) is 56.4. The van der Waals surface area contributed by atoms with Crippen LogP contribution in [0.3, 0.4) is 0 Å². The van der Waals surface area contributed by atoms with Gasteiger partial charge in [-0.1, -0.05) is 180 Å². The number of carbonyl (C=O) groups excluding carboxylic acids is 3. The molecule has 0 saturated heterocycles. The molecule has 0 heterocycles. The molecule has 0 aromatic rings. The Morgan fingerprint density at radius 1 is 0.717 bits per heavy atom. The second kappa shape index (κ2) is 37.9. The van der Waals surface area contributed by atoms with Crippen molar-refractivity contribution in [2.45, 2.75) is 231 Å². The zero-order chi connectivity index (χ0) is 44.1. The van der Waals surface area contributed by atoms with E-state index in [0.29, 0.717) is 25.7 Å². The second-order valence-corrected chi connectivity index (χ2v) is 18.6. The summed E-state index contributed by atoms with van der Waals surface area (Å²) in [4.78, 5) is 47.7. The van der Waals surface area contributed by atoms with Gasteiger partial charge in [0.05, 0.1) is 25.4 Å². The zero-order valence-corrected chi connectivity index (χ0v) is 38.8. The van der Waals surface area contributed by atoms with Gasteiger partial charge in [-0.05, 0) is 31.6 Å². The van der Waals surface area contributed by atoms with E-state index in [1.54, 1.807) is 12.2 Å². The van der Waals surface area contributed by atoms with E-state index in [2.05, 4.69) is 13.8 Å². The van der Waals surface area contributed by atoms with Crippen LogP contribution in [0.1, 0.15) is 213 Å². The van der Waals surface area contributed by atoms with Gasteiger partial charge in [-0.2, -0.15) is 0 Å². The summed E-state index contributed by atoms with van der Waals surface area (Å²) in [6.45, 7) is 3.40. The third kappa shape index (κ3) is 31.2. The van der Waals surface area contributed by atoms with Crippen molar-refractivity contribution in [1.82, 2.24) is 0 Å². The summed E-state index contributed by atoms with van der Waals surface area (Å²) >= 11 is 0. The first-order valence-electron chi connectivity index (χ1n) is 24.3. The molecule has 12 nitrogen and oxygen atoms in total. The van der Waals surface area contributed by atoms with Crippen molar-refractivity contribution >= 4 is 25.5 Å². The monoisotopic (exact) mass is 874 g/mol. The van der Waals surface area contributed by atoms with Gasteiger partial charge in [0.25, 0.3) is 0 Å². The van der Waals surface area contributed by atoms with Crippen molar-refractivity contribution in [2.75, 3.05) is 26.4 Å². The highest BCUT2D eigenvalue weighted by Gasteiger charge is 2.39. The Bertz CT molecular complexity index is 1150. The fraction of sp³-hybridized carbons (Fsp3) is 0.894. The van der Waals surface area contributed by atoms with Crippen LogP contribution in [0.15, 0.2) is 12.2 Å². The molecule has 6 atom stereocenters. The van der Waals surface area contributed by atoms with E-state index in [1.165, 1.54) is 96.3 Å². The Kier molecular flexibility index (Phi) is 35.6. The lowest BCUT2D eigenvalue weighted by Crippen LogP contribution is -2.29. The molecular formula is C47H88NO11P. The topological polar surface area (TPSA) is 192 Å². The van der Waals surface area contributed by atoms with Crippen LogP contribution in [-0.2, 0) is 37.5 Å². The number of carbonyl (C=O) groups is 3. The Morgan fingerprint density at radius 3 is 1.73 bits per heavy atom. The van der Waals surface area contributed by atoms with Gasteiger partial charge in [-0.15, -0.1) is 0 Å². The van der Waals surface area contributed by atoms with Crippen molar-refractivity contribution in [3.8, 4) is 0 Å². The number of aliphatic hydroxyl groups is 2. The number of hydrogen-bond donors (Lipinski definition) is 4. The number of aliphatic hydroxyl groups excluding tert-OH is 2. The zero-order valence-electron chi connectivity index (χ0n) is 37.9. The number of Topliss-reactive ketones (excluding diaryl/α,β-unsaturated/α-hetero) is 1. The van der Waals surface area contributed by atoms with Gasteiger partial charge in [0.15, 0.2) is 6.10 Å². The highest BCUT2D eigenvalue weighted by atomic mass is 31.2. The van der Waals surface area contributed by atoms with Crippen molar-refractivity contribution in [1.29, 1.82) is 0 Å². The molecule has 0 amide bonds. The molecule has 1 fully saturated rings. The van der Waals surface area contributed by atoms with Crippen molar-refractivity contribution in [2.24, 2.45) is 17.6 Å². The first-order chi connectivity index (χ1) is 29.0. The number of allylic oxidation sites excluding steroid dienone is 1. The highest BCUT2D eigenvalue weighted by Crippen LogP contribution is 2.43. The Labute approximate surface area is 364 Å². The molecule has 352 valence electrons. The molecule has 1 saturated carbocycles. The Hall–Kier alpha value is -1.66. The molecule has 0 spiro atoms. The fourth-order valence-corrected chi connectivity index (χ4v) is 8.66. The van der Waals surface area contributed by atoms with Crippen molar-refractivity contribution < 1.29 is 52.6 Å². The quantitative estimate of drug-likeness (QED) is 0.0197. The van der Waals surface area contributed by atoms with Crippen LogP contribution in [0, 0.1) is 11.8 Å². The molecule has 0 aliphatic heterocycles.